The van der Waals surface area contributed by atoms with E-state index >= 15 is 0 Å². The molecule has 1 rings (SSSR count). The van der Waals surface area contributed by atoms with Gasteiger partial charge in [0.25, 0.3) is 0 Å². The lowest BCUT2D eigenvalue weighted by Gasteiger charge is -2.08. The first-order chi connectivity index (χ1) is 6.61. The second-order valence-corrected chi connectivity index (χ2v) is 3.57. The summed E-state index contributed by atoms with van der Waals surface area (Å²) in [5.74, 6) is 0.230. The molecule has 0 atom stereocenters. The third-order valence-electron chi connectivity index (χ3n) is 1.84. The van der Waals surface area contributed by atoms with Crippen LogP contribution in [0.3, 0.4) is 0 Å². The minimum absolute atomic E-state index is 0.190. The van der Waals surface area contributed by atoms with Gasteiger partial charge in [-0.1, -0.05) is 15.9 Å². The predicted molar refractivity (Wildman–Crippen MR) is 56.1 cm³/mol. The van der Waals surface area contributed by atoms with E-state index in [0.717, 1.165) is 0 Å². The average molecular weight is 257 g/mol. The van der Waals surface area contributed by atoms with Crippen LogP contribution in [0, 0.1) is 0 Å². The monoisotopic (exact) mass is 256 g/mol. The van der Waals surface area contributed by atoms with Gasteiger partial charge in [0.2, 0.25) is 0 Å². The fraction of sp³-hybridized carbons (Fsp3) is 0.200. The lowest BCUT2D eigenvalue weighted by Crippen LogP contribution is -2.03. The molecule has 4 heteroatoms. The Morgan fingerprint density at radius 3 is 2.57 bits per heavy atom. The van der Waals surface area contributed by atoms with Crippen molar-refractivity contribution in [3.05, 3.63) is 27.7 Å². The first-order valence-corrected chi connectivity index (χ1v) is 4.73. The van der Waals surface area contributed by atoms with Crippen molar-refractivity contribution in [2.45, 2.75) is 6.92 Å². The van der Waals surface area contributed by atoms with Crippen LogP contribution in [0.15, 0.2) is 16.6 Å². The van der Waals surface area contributed by atoms with Gasteiger partial charge in [-0.25, -0.2) is 0 Å². The summed E-state index contributed by atoms with van der Waals surface area (Å²) in [4.78, 5) is 22.1. The van der Waals surface area contributed by atoms with E-state index in [1.165, 1.54) is 14.0 Å². The summed E-state index contributed by atoms with van der Waals surface area (Å²) >= 11 is 3.20. The van der Waals surface area contributed by atoms with Crippen molar-refractivity contribution in [1.82, 2.24) is 0 Å². The summed E-state index contributed by atoms with van der Waals surface area (Å²) < 4.78 is 5.60. The molecule has 1 aromatic rings. The van der Waals surface area contributed by atoms with Crippen molar-refractivity contribution >= 4 is 28.0 Å². The molecule has 1 aromatic carbocycles. The molecule has 0 saturated heterocycles. The molecule has 0 unspecified atom stereocenters. The Kier molecular flexibility index (Phi) is 3.41. The van der Waals surface area contributed by atoms with Gasteiger partial charge in [-0.05, 0) is 19.1 Å². The molecule has 74 valence electrons. The van der Waals surface area contributed by atoms with Crippen LogP contribution in [-0.2, 0) is 0 Å². The Bertz CT molecular complexity index is 385. The molecule has 14 heavy (non-hydrogen) atoms. The van der Waals surface area contributed by atoms with Crippen molar-refractivity contribution in [3.63, 3.8) is 0 Å². The van der Waals surface area contributed by atoms with Crippen LogP contribution in [-0.4, -0.2) is 19.2 Å². The van der Waals surface area contributed by atoms with Gasteiger partial charge in [-0.15, -0.1) is 0 Å². The number of methoxy groups -OCH3 is 1. The van der Waals surface area contributed by atoms with E-state index in [4.69, 9.17) is 4.74 Å². The van der Waals surface area contributed by atoms with Crippen molar-refractivity contribution < 1.29 is 14.3 Å². The summed E-state index contributed by atoms with van der Waals surface area (Å²) in [5, 5.41) is 0. The van der Waals surface area contributed by atoms with Crippen LogP contribution in [0.1, 0.15) is 27.6 Å². The van der Waals surface area contributed by atoms with E-state index < -0.39 is 0 Å². The highest BCUT2D eigenvalue weighted by Gasteiger charge is 2.15. The van der Waals surface area contributed by atoms with Gasteiger partial charge in [0.1, 0.15) is 5.75 Å². The number of carbonyl (C=O) groups excluding carboxylic acids is 2. The standard InChI is InChI=1S/C10H9BrO3/c1-6(13)10-7(5-12)8(11)3-4-9(10)14-2/h3-5H,1-2H3. The number of halogens is 1. The molecule has 3 nitrogen and oxygen atoms in total. The van der Waals surface area contributed by atoms with Crippen LogP contribution in [0.25, 0.3) is 0 Å². The fourth-order valence-corrected chi connectivity index (χ4v) is 1.65. The van der Waals surface area contributed by atoms with Gasteiger partial charge in [-0.3, -0.25) is 9.59 Å². The van der Waals surface area contributed by atoms with Gasteiger partial charge in [0.15, 0.2) is 12.1 Å². The minimum atomic E-state index is -0.190. The zero-order valence-corrected chi connectivity index (χ0v) is 9.42. The molecular weight excluding hydrogens is 248 g/mol. The molecule has 0 fully saturated rings. The Balaban J connectivity index is 3.51. The number of ether oxygens (including phenoxy) is 1. The largest absolute Gasteiger partial charge is 0.496 e. The molecule has 0 aliphatic heterocycles. The molecule has 0 radical (unpaired) electrons. The highest BCUT2D eigenvalue weighted by Crippen LogP contribution is 2.28. The first-order valence-electron chi connectivity index (χ1n) is 3.94. The Morgan fingerprint density at radius 2 is 2.14 bits per heavy atom. The highest BCUT2D eigenvalue weighted by molar-refractivity contribution is 9.10. The fourth-order valence-electron chi connectivity index (χ4n) is 1.22. The molecule has 0 aromatic heterocycles. The number of Topliss-reactive ketones (excluding diaryl/α,β-unsaturated/α-hetero) is 1. The third kappa shape index (κ3) is 1.85. The van der Waals surface area contributed by atoms with Crippen LogP contribution in [0.4, 0.5) is 0 Å². The van der Waals surface area contributed by atoms with E-state index in [2.05, 4.69) is 15.9 Å². The van der Waals surface area contributed by atoms with Crippen molar-refractivity contribution in [1.29, 1.82) is 0 Å². The average Bonchev–Trinajstić information content (AvgIpc) is 2.17. The van der Waals surface area contributed by atoms with Crippen molar-refractivity contribution in [2.75, 3.05) is 7.11 Å². The van der Waals surface area contributed by atoms with E-state index in [1.54, 1.807) is 12.1 Å². The van der Waals surface area contributed by atoms with Gasteiger partial charge in [-0.2, -0.15) is 0 Å². The highest BCUT2D eigenvalue weighted by atomic mass is 79.9. The Labute approximate surface area is 90.2 Å². The number of hydrogen-bond acceptors (Lipinski definition) is 3. The van der Waals surface area contributed by atoms with E-state index in [1.807, 2.05) is 0 Å². The molecule has 0 heterocycles. The molecule has 0 saturated carbocycles. The molecule has 0 amide bonds. The van der Waals surface area contributed by atoms with Crippen LogP contribution < -0.4 is 4.74 Å². The maximum atomic E-state index is 11.3. The number of carbonyl (C=O) groups is 2. The normalized spacial score (nSPS) is 9.64. The van der Waals surface area contributed by atoms with Gasteiger partial charge in [0.05, 0.1) is 12.7 Å². The van der Waals surface area contributed by atoms with Crippen LogP contribution in [0.5, 0.6) is 5.75 Å². The van der Waals surface area contributed by atoms with Crippen molar-refractivity contribution in [2.24, 2.45) is 0 Å². The zero-order valence-electron chi connectivity index (χ0n) is 7.83. The van der Waals surface area contributed by atoms with Gasteiger partial charge >= 0.3 is 0 Å². The maximum absolute atomic E-state index is 11.3. The first kappa shape index (κ1) is 10.9. The SMILES string of the molecule is COc1ccc(Br)c(C=O)c1C(C)=O. The van der Waals surface area contributed by atoms with Crippen molar-refractivity contribution in [3.8, 4) is 5.75 Å². The third-order valence-corrected chi connectivity index (χ3v) is 2.54. The maximum Gasteiger partial charge on any atom is 0.164 e. The summed E-state index contributed by atoms with van der Waals surface area (Å²) in [6.07, 6.45) is 0.642. The molecule has 0 aliphatic rings. The lowest BCUT2D eigenvalue weighted by molar-refractivity contribution is 0.100. The molecule has 0 bridgehead atoms. The summed E-state index contributed by atoms with van der Waals surface area (Å²) in [6.45, 7) is 1.40. The smallest absolute Gasteiger partial charge is 0.164 e. The minimum Gasteiger partial charge on any atom is -0.496 e. The quantitative estimate of drug-likeness (QED) is 0.617. The molecule has 0 aliphatic carbocycles. The number of aldehydes is 1. The Hall–Kier alpha value is -1.16. The van der Waals surface area contributed by atoms with Crippen LogP contribution in [0.2, 0.25) is 0 Å². The number of benzene rings is 1. The van der Waals surface area contributed by atoms with E-state index in [9.17, 15) is 9.59 Å². The lowest BCUT2D eigenvalue weighted by atomic mass is 10.0. The molecule has 0 spiro atoms. The summed E-state index contributed by atoms with van der Waals surface area (Å²) in [6, 6.07) is 3.32. The number of hydrogen-bond donors (Lipinski definition) is 0. The summed E-state index contributed by atoms with van der Waals surface area (Å²) in [7, 11) is 1.46. The molecule has 0 N–H and O–H groups in total. The molecular formula is C10H9BrO3. The van der Waals surface area contributed by atoms with Crippen LogP contribution >= 0.6 is 15.9 Å². The van der Waals surface area contributed by atoms with E-state index in [0.29, 0.717) is 27.6 Å². The van der Waals surface area contributed by atoms with E-state index in [-0.39, 0.29) is 5.78 Å². The predicted octanol–water partition coefficient (Wildman–Crippen LogP) is 2.47. The van der Waals surface area contributed by atoms with Gasteiger partial charge in [0, 0.05) is 10.0 Å². The topological polar surface area (TPSA) is 43.4 Å². The zero-order chi connectivity index (χ0) is 10.7. The second kappa shape index (κ2) is 4.37. The van der Waals surface area contributed by atoms with Gasteiger partial charge < -0.3 is 4.74 Å². The summed E-state index contributed by atoms with van der Waals surface area (Å²) in [5.41, 5.74) is 0.647. The number of rotatable bonds is 3. The number of ketones is 1. The Morgan fingerprint density at radius 1 is 1.50 bits per heavy atom. The second-order valence-electron chi connectivity index (χ2n) is 2.71.